The number of aromatic nitrogens is 2. The molecule has 1 amide bonds. The van der Waals surface area contributed by atoms with Gasteiger partial charge in [0.25, 0.3) is 0 Å². The number of hydrogen-bond donors (Lipinski definition) is 2. The van der Waals surface area contributed by atoms with Gasteiger partial charge in [0.05, 0.1) is 16.2 Å². The minimum atomic E-state index is -4.74. The van der Waals surface area contributed by atoms with Crippen molar-refractivity contribution in [2.75, 3.05) is 12.8 Å². The molecule has 2 aromatic rings. The molecule has 1 aromatic heterocycles. The number of nitrogens with one attached hydrogen (secondary N) is 1. The van der Waals surface area contributed by atoms with Gasteiger partial charge in [0.2, 0.25) is 20.9 Å². The van der Waals surface area contributed by atoms with Crippen molar-refractivity contribution >= 4 is 37.4 Å². The standard InChI is InChI=1S/C23H23BrF5N5O3S/c1-38(36,37)22-32-10-16(24)20(34-22)18(8-12-6-13(25)9-14(26)7-12)33-19(35)11-31-17-5-3-2-4-15(17)21(30)23(27,28)29/h6-7,9-10,18H,2-5,8,11,30H2,1H3,(H,33,35)/t18-/m1/s1. The summed E-state index contributed by atoms with van der Waals surface area (Å²) in [6.07, 6.45) is -1.56. The van der Waals surface area contributed by atoms with E-state index in [1.807, 2.05) is 0 Å². The van der Waals surface area contributed by atoms with Crippen molar-refractivity contribution in [2.45, 2.75) is 49.5 Å². The lowest BCUT2D eigenvalue weighted by Crippen LogP contribution is -2.33. The first-order valence-corrected chi connectivity index (χ1v) is 13.9. The number of alkyl halides is 3. The lowest BCUT2D eigenvalue weighted by atomic mass is 9.91. The number of hydrogen-bond acceptors (Lipinski definition) is 7. The van der Waals surface area contributed by atoms with Gasteiger partial charge in [0, 0.05) is 29.8 Å². The Kier molecular flexibility index (Phi) is 9.23. The molecule has 0 saturated heterocycles. The topological polar surface area (TPSA) is 127 Å². The Labute approximate surface area is 223 Å². The number of sulfone groups is 1. The van der Waals surface area contributed by atoms with Crippen LogP contribution in [0.2, 0.25) is 0 Å². The van der Waals surface area contributed by atoms with Crippen LogP contribution >= 0.6 is 15.9 Å². The fraction of sp³-hybridized carbons (Fsp3) is 0.391. The fourth-order valence-electron chi connectivity index (χ4n) is 3.90. The molecule has 3 rings (SSSR count). The first-order chi connectivity index (χ1) is 17.6. The minimum absolute atomic E-state index is 0.00524. The van der Waals surface area contributed by atoms with E-state index in [2.05, 4.69) is 36.2 Å². The van der Waals surface area contributed by atoms with E-state index < -0.39 is 57.0 Å². The van der Waals surface area contributed by atoms with Gasteiger partial charge in [-0.05, 0) is 65.7 Å². The summed E-state index contributed by atoms with van der Waals surface area (Å²) in [5.74, 6) is -2.48. The van der Waals surface area contributed by atoms with Crippen molar-refractivity contribution in [3.8, 4) is 0 Å². The Bertz CT molecular complexity index is 1380. The zero-order chi connectivity index (χ0) is 28.3. The van der Waals surface area contributed by atoms with E-state index in [0.29, 0.717) is 18.9 Å². The highest BCUT2D eigenvalue weighted by Gasteiger charge is 2.36. The fourth-order valence-corrected chi connectivity index (χ4v) is 4.87. The summed E-state index contributed by atoms with van der Waals surface area (Å²) in [7, 11) is -3.85. The molecular weight excluding hydrogens is 601 g/mol. The number of carbonyl (C=O) groups excluding carboxylic acids is 1. The molecule has 0 bridgehead atoms. The van der Waals surface area contributed by atoms with Crippen molar-refractivity contribution in [3.63, 3.8) is 0 Å². The molecule has 38 heavy (non-hydrogen) atoms. The molecule has 0 unspecified atom stereocenters. The molecular formula is C23H23BrF5N5O3S. The first-order valence-electron chi connectivity index (χ1n) is 11.2. The summed E-state index contributed by atoms with van der Waals surface area (Å²) < 4.78 is 91.2. The highest BCUT2D eigenvalue weighted by atomic mass is 79.9. The second kappa shape index (κ2) is 11.8. The summed E-state index contributed by atoms with van der Waals surface area (Å²) in [5.41, 5.74) is 4.10. The maximum absolute atomic E-state index is 13.8. The Morgan fingerprint density at radius 3 is 2.42 bits per heavy atom. The molecule has 8 nitrogen and oxygen atoms in total. The predicted octanol–water partition coefficient (Wildman–Crippen LogP) is 4.11. The summed E-state index contributed by atoms with van der Waals surface area (Å²) >= 11 is 3.20. The monoisotopic (exact) mass is 623 g/mol. The first kappa shape index (κ1) is 29.6. The number of benzene rings is 1. The van der Waals surface area contributed by atoms with Crippen LogP contribution in [0.3, 0.4) is 0 Å². The highest BCUT2D eigenvalue weighted by molar-refractivity contribution is 9.10. The van der Waals surface area contributed by atoms with Gasteiger partial charge in [0.1, 0.15) is 23.9 Å². The molecule has 1 aliphatic rings. The average molecular weight is 624 g/mol. The van der Waals surface area contributed by atoms with Gasteiger partial charge in [-0.25, -0.2) is 27.2 Å². The number of aliphatic imine (C=N–C) groups is 1. The molecule has 0 radical (unpaired) electrons. The Balaban J connectivity index is 1.93. The quantitative estimate of drug-likeness (QED) is 0.353. The highest BCUT2D eigenvalue weighted by Crippen LogP contribution is 2.31. The molecule has 1 fully saturated rings. The third kappa shape index (κ3) is 7.79. The number of carbonyl (C=O) groups is 1. The van der Waals surface area contributed by atoms with Crippen LogP contribution in [0.5, 0.6) is 0 Å². The van der Waals surface area contributed by atoms with Gasteiger partial charge >= 0.3 is 6.18 Å². The van der Waals surface area contributed by atoms with Gasteiger partial charge in [-0.3, -0.25) is 9.79 Å². The molecule has 0 spiro atoms. The van der Waals surface area contributed by atoms with E-state index in [4.69, 9.17) is 5.73 Å². The number of amides is 1. The van der Waals surface area contributed by atoms with Crippen LogP contribution in [0.1, 0.15) is 43.0 Å². The smallest absolute Gasteiger partial charge is 0.394 e. The molecule has 1 aliphatic carbocycles. The zero-order valence-corrected chi connectivity index (χ0v) is 22.4. The lowest BCUT2D eigenvalue weighted by molar-refractivity contribution is -0.120. The summed E-state index contributed by atoms with van der Waals surface area (Å²) in [4.78, 5) is 24.7. The largest absolute Gasteiger partial charge is 0.431 e. The van der Waals surface area contributed by atoms with E-state index in [-0.39, 0.29) is 46.3 Å². The van der Waals surface area contributed by atoms with E-state index >= 15 is 0 Å². The molecule has 1 atom stereocenters. The van der Waals surface area contributed by atoms with Crippen LogP contribution in [0.25, 0.3) is 0 Å². The second-order valence-corrected chi connectivity index (χ2v) is 11.4. The van der Waals surface area contributed by atoms with Crippen LogP contribution in [-0.2, 0) is 21.1 Å². The molecule has 0 aliphatic heterocycles. The molecule has 3 N–H and O–H groups in total. The maximum Gasteiger partial charge on any atom is 0.431 e. The minimum Gasteiger partial charge on any atom is -0.394 e. The van der Waals surface area contributed by atoms with Crippen LogP contribution < -0.4 is 11.1 Å². The predicted molar refractivity (Wildman–Crippen MR) is 132 cm³/mol. The summed E-state index contributed by atoms with van der Waals surface area (Å²) in [5, 5.41) is 2.04. The van der Waals surface area contributed by atoms with E-state index in [1.165, 1.54) is 0 Å². The molecule has 206 valence electrons. The van der Waals surface area contributed by atoms with Gasteiger partial charge < -0.3 is 11.1 Å². The number of allylic oxidation sites excluding steroid dienone is 2. The Morgan fingerprint density at radius 2 is 1.82 bits per heavy atom. The molecule has 15 heteroatoms. The van der Waals surface area contributed by atoms with E-state index in [1.54, 1.807) is 0 Å². The van der Waals surface area contributed by atoms with Crippen molar-refractivity contribution < 1.29 is 35.2 Å². The summed E-state index contributed by atoms with van der Waals surface area (Å²) in [6, 6.07) is 1.63. The van der Waals surface area contributed by atoms with Crippen LogP contribution in [-0.4, -0.2) is 49.0 Å². The summed E-state index contributed by atoms with van der Waals surface area (Å²) in [6.45, 7) is -0.570. The van der Waals surface area contributed by atoms with Crippen LogP contribution in [0, 0.1) is 11.6 Å². The van der Waals surface area contributed by atoms with Gasteiger partial charge in [-0.15, -0.1) is 0 Å². The third-order valence-corrected chi connectivity index (χ3v) is 7.06. The van der Waals surface area contributed by atoms with E-state index in [0.717, 1.165) is 24.6 Å². The van der Waals surface area contributed by atoms with Crippen LogP contribution in [0.4, 0.5) is 22.0 Å². The Hall–Kier alpha value is -2.94. The lowest BCUT2D eigenvalue weighted by Gasteiger charge is -2.22. The van der Waals surface area contributed by atoms with Gasteiger partial charge in [-0.2, -0.15) is 13.2 Å². The average Bonchev–Trinajstić information content (AvgIpc) is 2.80. The van der Waals surface area contributed by atoms with Crippen molar-refractivity contribution in [1.82, 2.24) is 15.3 Å². The third-order valence-electron chi connectivity index (χ3n) is 5.59. The SMILES string of the molecule is CS(=O)(=O)c1ncc(Br)c([C@@H](Cc2cc(F)cc(F)c2)NC(=O)CN=C2CCCCC2=C(N)C(F)(F)F)n1. The molecule has 1 aromatic carbocycles. The van der Waals surface area contributed by atoms with Crippen molar-refractivity contribution in [2.24, 2.45) is 10.7 Å². The zero-order valence-electron chi connectivity index (χ0n) is 19.9. The molecule has 1 saturated carbocycles. The normalized spacial score (nSPS) is 17.8. The molecule has 1 heterocycles. The van der Waals surface area contributed by atoms with Crippen LogP contribution in [0.15, 0.2) is 50.3 Å². The van der Waals surface area contributed by atoms with Crippen molar-refractivity contribution in [3.05, 3.63) is 63.0 Å². The maximum atomic E-state index is 13.8. The Morgan fingerprint density at radius 1 is 1.18 bits per heavy atom. The number of nitrogens with zero attached hydrogens (tertiary/aromatic N) is 3. The second-order valence-electron chi connectivity index (χ2n) is 8.62. The van der Waals surface area contributed by atoms with Crippen molar-refractivity contribution in [1.29, 1.82) is 0 Å². The number of halogens is 6. The van der Waals surface area contributed by atoms with E-state index in [9.17, 15) is 35.2 Å². The van der Waals surface area contributed by atoms with Gasteiger partial charge in [0.15, 0.2) is 0 Å². The number of rotatable bonds is 7. The number of nitrogens with two attached hydrogens (primary N) is 1. The van der Waals surface area contributed by atoms with Gasteiger partial charge in [-0.1, -0.05) is 0 Å².